The number of hydrogen-bond acceptors (Lipinski definition) is 5. The van der Waals surface area contributed by atoms with Gasteiger partial charge in [-0.1, -0.05) is 0 Å². The van der Waals surface area contributed by atoms with Crippen LogP contribution in [0.15, 0.2) is 6.20 Å². The van der Waals surface area contributed by atoms with E-state index in [9.17, 15) is 0 Å². The van der Waals surface area contributed by atoms with Crippen LogP contribution in [0.2, 0.25) is 0 Å². The molecule has 20 heavy (non-hydrogen) atoms. The Morgan fingerprint density at radius 3 is 2.50 bits per heavy atom. The van der Waals surface area contributed by atoms with Gasteiger partial charge in [-0.05, 0) is 35.0 Å². The maximum atomic E-state index is 5.63. The largest absolute Gasteiger partial charge is 0.493 e. The molecule has 6 nitrogen and oxygen atoms in total. The van der Waals surface area contributed by atoms with Crippen LogP contribution in [-0.2, 0) is 11.3 Å². The standard InChI is InChI=1S/C14H28N4O2/c1-14(2,20-7)13(15-3)12-11(19-6)10-16-18(12)9-8-17(4)5/h10,13,15H,8-9H2,1-7H3. The summed E-state index contributed by atoms with van der Waals surface area (Å²) in [4.78, 5) is 2.13. The van der Waals surface area contributed by atoms with E-state index in [1.807, 2.05) is 11.7 Å². The van der Waals surface area contributed by atoms with E-state index in [-0.39, 0.29) is 11.6 Å². The van der Waals surface area contributed by atoms with Crippen LogP contribution in [0.3, 0.4) is 0 Å². The lowest BCUT2D eigenvalue weighted by Crippen LogP contribution is -2.41. The van der Waals surface area contributed by atoms with Gasteiger partial charge in [0, 0.05) is 13.7 Å². The molecule has 1 N–H and O–H groups in total. The number of aromatic nitrogens is 2. The Bertz CT molecular complexity index is 415. The van der Waals surface area contributed by atoms with Crippen LogP contribution in [0.1, 0.15) is 25.6 Å². The molecule has 0 aliphatic carbocycles. The van der Waals surface area contributed by atoms with Crippen LogP contribution in [0, 0.1) is 0 Å². The molecule has 6 heteroatoms. The molecule has 0 spiro atoms. The van der Waals surface area contributed by atoms with Crippen LogP contribution in [-0.4, -0.2) is 62.2 Å². The lowest BCUT2D eigenvalue weighted by molar-refractivity contribution is -0.0120. The van der Waals surface area contributed by atoms with Crippen molar-refractivity contribution in [2.45, 2.75) is 32.0 Å². The summed E-state index contributed by atoms with van der Waals surface area (Å²) >= 11 is 0. The van der Waals surface area contributed by atoms with Gasteiger partial charge in [-0.2, -0.15) is 5.10 Å². The smallest absolute Gasteiger partial charge is 0.161 e. The number of hydrogen-bond donors (Lipinski definition) is 1. The molecule has 0 aromatic carbocycles. The van der Waals surface area contributed by atoms with Crippen molar-refractivity contribution in [1.29, 1.82) is 0 Å². The monoisotopic (exact) mass is 284 g/mol. The van der Waals surface area contributed by atoms with Crippen LogP contribution in [0.25, 0.3) is 0 Å². The highest BCUT2D eigenvalue weighted by Crippen LogP contribution is 2.33. The fourth-order valence-electron chi connectivity index (χ4n) is 2.23. The minimum absolute atomic E-state index is 0.00730. The molecule has 0 saturated heterocycles. The SMILES string of the molecule is CNC(c1c(OC)cnn1CCN(C)C)C(C)(C)OC. The first-order valence-electron chi connectivity index (χ1n) is 6.84. The molecule has 116 valence electrons. The summed E-state index contributed by atoms with van der Waals surface area (Å²) in [6.07, 6.45) is 1.76. The summed E-state index contributed by atoms with van der Waals surface area (Å²) in [6.45, 7) is 5.83. The Morgan fingerprint density at radius 2 is 2.05 bits per heavy atom. The number of nitrogens with one attached hydrogen (secondary N) is 1. The van der Waals surface area contributed by atoms with Crippen molar-refractivity contribution < 1.29 is 9.47 Å². The first-order chi connectivity index (χ1) is 9.37. The van der Waals surface area contributed by atoms with Crippen LogP contribution >= 0.6 is 0 Å². The molecule has 0 radical (unpaired) electrons. The third-order valence-corrected chi connectivity index (χ3v) is 3.61. The van der Waals surface area contributed by atoms with Crippen molar-refractivity contribution in [2.24, 2.45) is 0 Å². The molecule has 0 amide bonds. The van der Waals surface area contributed by atoms with E-state index >= 15 is 0 Å². The number of methoxy groups -OCH3 is 2. The van der Waals surface area contributed by atoms with Crippen molar-refractivity contribution >= 4 is 0 Å². The van der Waals surface area contributed by atoms with Gasteiger partial charge in [-0.3, -0.25) is 4.68 Å². The molecule has 1 aromatic rings. The Balaban J connectivity index is 3.14. The molecule has 0 bridgehead atoms. The molecular weight excluding hydrogens is 256 g/mol. The van der Waals surface area contributed by atoms with E-state index in [4.69, 9.17) is 9.47 Å². The number of likely N-dealkylation sites (N-methyl/N-ethyl adjacent to an activating group) is 2. The summed E-state index contributed by atoms with van der Waals surface area (Å²) in [5, 5.41) is 7.76. The Morgan fingerprint density at radius 1 is 1.40 bits per heavy atom. The van der Waals surface area contributed by atoms with Crippen LogP contribution in [0.4, 0.5) is 0 Å². The van der Waals surface area contributed by atoms with Gasteiger partial charge in [0.25, 0.3) is 0 Å². The maximum Gasteiger partial charge on any atom is 0.161 e. The van der Waals surface area contributed by atoms with E-state index in [1.165, 1.54) is 0 Å². The van der Waals surface area contributed by atoms with Gasteiger partial charge in [0.1, 0.15) is 5.69 Å². The Labute approximate surface area is 122 Å². The lowest BCUT2D eigenvalue weighted by atomic mass is 9.95. The normalized spacial score (nSPS) is 13.8. The minimum atomic E-state index is -0.363. The Hall–Kier alpha value is -1.11. The van der Waals surface area contributed by atoms with Crippen molar-refractivity contribution in [3.05, 3.63) is 11.9 Å². The maximum absolute atomic E-state index is 5.63. The second-order valence-corrected chi connectivity index (χ2v) is 5.65. The van der Waals surface area contributed by atoms with Gasteiger partial charge in [0.15, 0.2) is 5.75 Å². The summed E-state index contributed by atoms with van der Waals surface area (Å²) in [5.74, 6) is 0.785. The Kier molecular flexibility index (Phi) is 5.98. The van der Waals surface area contributed by atoms with E-state index in [2.05, 4.69) is 43.3 Å². The van der Waals surface area contributed by atoms with Gasteiger partial charge in [0.2, 0.25) is 0 Å². The zero-order valence-electron chi connectivity index (χ0n) is 13.7. The summed E-state index contributed by atoms with van der Waals surface area (Å²) in [6, 6.07) is -0.00730. The highest BCUT2D eigenvalue weighted by Gasteiger charge is 2.34. The molecule has 0 saturated carbocycles. The highest BCUT2D eigenvalue weighted by molar-refractivity contribution is 5.30. The molecular formula is C14H28N4O2. The average Bonchev–Trinajstić information content (AvgIpc) is 2.80. The fraction of sp³-hybridized carbons (Fsp3) is 0.786. The summed E-state index contributed by atoms with van der Waals surface area (Å²) in [5.41, 5.74) is 0.654. The first-order valence-corrected chi connectivity index (χ1v) is 6.84. The third kappa shape index (κ3) is 3.71. The number of ether oxygens (including phenoxy) is 2. The van der Waals surface area contributed by atoms with Crippen molar-refractivity contribution in [3.63, 3.8) is 0 Å². The van der Waals surface area contributed by atoms with Crippen molar-refractivity contribution in [1.82, 2.24) is 20.0 Å². The molecule has 1 unspecified atom stereocenters. The predicted molar refractivity (Wildman–Crippen MR) is 80.2 cm³/mol. The van der Waals surface area contributed by atoms with Gasteiger partial charge in [0.05, 0.1) is 31.5 Å². The molecule has 0 aliphatic rings. The van der Waals surface area contributed by atoms with E-state index < -0.39 is 0 Å². The summed E-state index contributed by atoms with van der Waals surface area (Å²) < 4.78 is 13.1. The molecule has 0 fully saturated rings. The van der Waals surface area contributed by atoms with Crippen molar-refractivity contribution in [2.75, 3.05) is 41.9 Å². The van der Waals surface area contributed by atoms with E-state index in [0.717, 1.165) is 24.5 Å². The second kappa shape index (κ2) is 7.06. The van der Waals surface area contributed by atoms with Crippen LogP contribution < -0.4 is 10.1 Å². The predicted octanol–water partition coefficient (Wildman–Crippen LogP) is 1.14. The van der Waals surface area contributed by atoms with Gasteiger partial charge in [-0.15, -0.1) is 0 Å². The minimum Gasteiger partial charge on any atom is -0.493 e. The van der Waals surface area contributed by atoms with Gasteiger partial charge < -0.3 is 19.7 Å². The topological polar surface area (TPSA) is 51.5 Å². The first kappa shape index (κ1) is 16.9. The zero-order chi connectivity index (χ0) is 15.3. The second-order valence-electron chi connectivity index (χ2n) is 5.65. The average molecular weight is 284 g/mol. The van der Waals surface area contributed by atoms with Crippen LogP contribution in [0.5, 0.6) is 5.75 Å². The molecule has 0 aliphatic heterocycles. The molecule has 1 atom stereocenters. The van der Waals surface area contributed by atoms with E-state index in [0.29, 0.717) is 0 Å². The molecule has 1 heterocycles. The fourth-order valence-corrected chi connectivity index (χ4v) is 2.23. The zero-order valence-corrected chi connectivity index (χ0v) is 13.7. The van der Waals surface area contributed by atoms with Gasteiger partial charge >= 0.3 is 0 Å². The quantitative estimate of drug-likeness (QED) is 0.776. The number of nitrogens with zero attached hydrogens (tertiary/aromatic N) is 3. The molecule has 1 rings (SSSR count). The lowest BCUT2D eigenvalue weighted by Gasteiger charge is -2.33. The van der Waals surface area contributed by atoms with E-state index in [1.54, 1.807) is 20.4 Å². The molecule has 1 aromatic heterocycles. The van der Waals surface area contributed by atoms with Gasteiger partial charge in [-0.25, -0.2) is 0 Å². The third-order valence-electron chi connectivity index (χ3n) is 3.61. The highest BCUT2D eigenvalue weighted by atomic mass is 16.5. The summed E-state index contributed by atoms with van der Waals surface area (Å²) in [7, 11) is 9.42. The number of rotatable bonds is 8. The van der Waals surface area contributed by atoms with Crippen molar-refractivity contribution in [3.8, 4) is 5.75 Å².